The number of hydrogen-bond donors (Lipinski definition) is 2. The van der Waals surface area contributed by atoms with E-state index in [1.165, 1.54) is 12.1 Å². The maximum absolute atomic E-state index is 13.7. The third kappa shape index (κ3) is 3.77. The highest BCUT2D eigenvalue weighted by molar-refractivity contribution is 5.93. The molecule has 0 bridgehead atoms. The zero-order valence-corrected chi connectivity index (χ0v) is 14.9. The summed E-state index contributed by atoms with van der Waals surface area (Å²) in [5.74, 6) is -0.758. The zero-order chi connectivity index (χ0) is 18.7. The van der Waals surface area contributed by atoms with Crippen LogP contribution in [0.25, 0.3) is 0 Å². The largest absolute Gasteiger partial charge is 0.357 e. The van der Waals surface area contributed by atoms with Crippen molar-refractivity contribution in [3.05, 3.63) is 54.1 Å². The minimum atomic E-state index is -0.455. The maximum Gasteiger partial charge on any atom is 0.270 e. The number of para-hydroxylation sites is 1. The number of benzene rings is 1. The highest BCUT2D eigenvalue weighted by Crippen LogP contribution is 2.19. The monoisotopic (exact) mass is 358 g/mol. The maximum atomic E-state index is 13.7. The molecule has 0 saturated carbocycles. The SMILES string of the molecule is C[C@@H]1[C@H](C)N(CC(=O)Nc2ccccc2F)CCN1C(=O)c1ccc[nH]1. The number of aromatic amines is 1. The zero-order valence-electron chi connectivity index (χ0n) is 14.9. The van der Waals surface area contributed by atoms with Crippen LogP contribution in [0.3, 0.4) is 0 Å². The van der Waals surface area contributed by atoms with Crippen molar-refractivity contribution in [3.8, 4) is 0 Å². The van der Waals surface area contributed by atoms with Gasteiger partial charge in [0.25, 0.3) is 5.91 Å². The second kappa shape index (κ2) is 7.70. The first-order chi connectivity index (χ1) is 12.5. The Morgan fingerprint density at radius 2 is 1.92 bits per heavy atom. The molecule has 1 aliphatic rings. The molecule has 2 aromatic rings. The van der Waals surface area contributed by atoms with E-state index in [0.29, 0.717) is 18.8 Å². The number of rotatable bonds is 4. The van der Waals surface area contributed by atoms with E-state index >= 15 is 0 Å². The number of aromatic nitrogens is 1. The molecular formula is C19H23FN4O2. The first-order valence-corrected chi connectivity index (χ1v) is 8.70. The van der Waals surface area contributed by atoms with E-state index in [2.05, 4.69) is 10.3 Å². The summed E-state index contributed by atoms with van der Waals surface area (Å²) in [5.41, 5.74) is 0.744. The van der Waals surface area contributed by atoms with Crippen molar-refractivity contribution in [2.45, 2.75) is 25.9 Å². The summed E-state index contributed by atoms with van der Waals surface area (Å²) in [5, 5.41) is 2.61. The lowest BCUT2D eigenvalue weighted by Gasteiger charge is -2.44. The van der Waals surface area contributed by atoms with Crippen LogP contribution in [-0.2, 0) is 4.79 Å². The van der Waals surface area contributed by atoms with Gasteiger partial charge in [-0.25, -0.2) is 4.39 Å². The Labute approximate surface area is 152 Å². The molecule has 7 heteroatoms. The van der Waals surface area contributed by atoms with Gasteiger partial charge in [-0.3, -0.25) is 14.5 Å². The molecule has 2 N–H and O–H groups in total. The molecule has 2 heterocycles. The van der Waals surface area contributed by atoms with Gasteiger partial charge < -0.3 is 15.2 Å². The molecule has 0 unspecified atom stereocenters. The molecule has 0 aliphatic carbocycles. The normalized spacial score (nSPS) is 20.8. The second-order valence-corrected chi connectivity index (χ2v) is 6.56. The number of halogens is 1. The van der Waals surface area contributed by atoms with Crippen LogP contribution in [0.5, 0.6) is 0 Å². The van der Waals surface area contributed by atoms with Crippen LogP contribution < -0.4 is 5.32 Å². The molecule has 3 rings (SSSR count). The number of nitrogens with one attached hydrogen (secondary N) is 2. The first-order valence-electron chi connectivity index (χ1n) is 8.70. The summed E-state index contributed by atoms with van der Waals surface area (Å²) >= 11 is 0. The average Bonchev–Trinajstić information content (AvgIpc) is 3.15. The van der Waals surface area contributed by atoms with Gasteiger partial charge in [0.15, 0.2) is 0 Å². The van der Waals surface area contributed by atoms with Gasteiger partial charge in [0.2, 0.25) is 5.91 Å². The molecule has 0 spiro atoms. The molecule has 2 atom stereocenters. The Balaban J connectivity index is 1.60. The van der Waals surface area contributed by atoms with E-state index in [1.54, 1.807) is 30.5 Å². The average molecular weight is 358 g/mol. The first kappa shape index (κ1) is 18.1. The molecule has 1 aromatic heterocycles. The molecule has 2 amide bonds. The van der Waals surface area contributed by atoms with E-state index in [1.807, 2.05) is 23.6 Å². The number of hydrogen-bond acceptors (Lipinski definition) is 3. The predicted octanol–water partition coefficient (Wildman–Crippen LogP) is 2.33. The van der Waals surface area contributed by atoms with Crippen LogP contribution in [0, 0.1) is 5.82 Å². The quantitative estimate of drug-likeness (QED) is 0.881. The summed E-state index contributed by atoms with van der Waals surface area (Å²) in [6.07, 6.45) is 1.73. The third-order valence-corrected chi connectivity index (χ3v) is 4.98. The van der Waals surface area contributed by atoms with Crippen molar-refractivity contribution in [2.24, 2.45) is 0 Å². The van der Waals surface area contributed by atoms with Gasteiger partial charge in [0, 0.05) is 31.4 Å². The standard InChI is InChI=1S/C19H23FN4O2/c1-13-14(2)24(19(26)17-8-5-9-21-17)11-10-23(13)12-18(25)22-16-7-4-3-6-15(16)20/h3-9,13-14,21H,10-12H2,1-2H3,(H,22,25)/t13-,14+/m0/s1. The van der Waals surface area contributed by atoms with Gasteiger partial charge in [-0.1, -0.05) is 12.1 Å². The summed E-state index contributed by atoms with van der Waals surface area (Å²) in [4.78, 5) is 31.6. The number of amides is 2. The lowest BCUT2D eigenvalue weighted by atomic mass is 10.0. The number of carbonyl (C=O) groups excluding carboxylic acids is 2. The van der Waals surface area contributed by atoms with Crippen LogP contribution in [0.2, 0.25) is 0 Å². The van der Waals surface area contributed by atoms with E-state index in [-0.39, 0.29) is 36.1 Å². The molecule has 1 aromatic carbocycles. The van der Waals surface area contributed by atoms with Crippen molar-refractivity contribution in [3.63, 3.8) is 0 Å². The minimum absolute atomic E-state index is 0.00836. The molecule has 1 saturated heterocycles. The molecular weight excluding hydrogens is 335 g/mol. The number of nitrogens with zero attached hydrogens (tertiary/aromatic N) is 2. The van der Waals surface area contributed by atoms with Crippen molar-refractivity contribution in [2.75, 3.05) is 25.0 Å². The predicted molar refractivity (Wildman–Crippen MR) is 97.4 cm³/mol. The lowest BCUT2D eigenvalue weighted by molar-refractivity contribution is -0.118. The Morgan fingerprint density at radius 1 is 1.15 bits per heavy atom. The van der Waals surface area contributed by atoms with E-state index in [4.69, 9.17) is 0 Å². The van der Waals surface area contributed by atoms with Crippen LogP contribution >= 0.6 is 0 Å². The summed E-state index contributed by atoms with van der Waals surface area (Å²) < 4.78 is 13.7. The summed E-state index contributed by atoms with van der Waals surface area (Å²) in [6, 6.07) is 9.62. The van der Waals surface area contributed by atoms with Gasteiger partial charge in [0.05, 0.1) is 12.2 Å². The van der Waals surface area contributed by atoms with Crippen LogP contribution in [0.4, 0.5) is 10.1 Å². The van der Waals surface area contributed by atoms with Crippen LogP contribution in [0.1, 0.15) is 24.3 Å². The van der Waals surface area contributed by atoms with Crippen molar-refractivity contribution in [1.82, 2.24) is 14.8 Å². The fraction of sp³-hybridized carbons (Fsp3) is 0.368. The van der Waals surface area contributed by atoms with E-state index in [0.717, 1.165) is 0 Å². The molecule has 26 heavy (non-hydrogen) atoms. The molecule has 138 valence electrons. The fourth-order valence-corrected chi connectivity index (χ4v) is 3.27. The van der Waals surface area contributed by atoms with Gasteiger partial charge >= 0.3 is 0 Å². The minimum Gasteiger partial charge on any atom is -0.357 e. The van der Waals surface area contributed by atoms with Crippen LogP contribution in [-0.4, -0.2) is 58.3 Å². The van der Waals surface area contributed by atoms with Crippen molar-refractivity contribution < 1.29 is 14.0 Å². The van der Waals surface area contributed by atoms with Gasteiger partial charge in [-0.2, -0.15) is 0 Å². The summed E-state index contributed by atoms with van der Waals surface area (Å²) in [6.45, 7) is 5.25. The van der Waals surface area contributed by atoms with Crippen molar-refractivity contribution in [1.29, 1.82) is 0 Å². The molecule has 0 radical (unpaired) electrons. The van der Waals surface area contributed by atoms with Gasteiger partial charge in [0.1, 0.15) is 11.5 Å². The highest BCUT2D eigenvalue weighted by Gasteiger charge is 2.34. The topological polar surface area (TPSA) is 68.4 Å². The van der Waals surface area contributed by atoms with E-state index < -0.39 is 5.82 Å². The molecule has 6 nitrogen and oxygen atoms in total. The fourth-order valence-electron chi connectivity index (χ4n) is 3.27. The molecule has 1 aliphatic heterocycles. The Morgan fingerprint density at radius 3 is 2.62 bits per heavy atom. The smallest absolute Gasteiger partial charge is 0.270 e. The van der Waals surface area contributed by atoms with Gasteiger partial charge in [-0.15, -0.1) is 0 Å². The van der Waals surface area contributed by atoms with Crippen molar-refractivity contribution >= 4 is 17.5 Å². The number of piperazine rings is 1. The number of H-pyrrole nitrogens is 1. The van der Waals surface area contributed by atoms with Crippen LogP contribution in [0.15, 0.2) is 42.6 Å². The Kier molecular flexibility index (Phi) is 5.37. The molecule has 1 fully saturated rings. The Bertz CT molecular complexity index is 778. The highest BCUT2D eigenvalue weighted by atomic mass is 19.1. The number of anilines is 1. The second-order valence-electron chi connectivity index (χ2n) is 6.56. The lowest BCUT2D eigenvalue weighted by Crippen LogP contribution is -2.60. The summed E-state index contributed by atoms with van der Waals surface area (Å²) in [7, 11) is 0. The van der Waals surface area contributed by atoms with Gasteiger partial charge in [-0.05, 0) is 38.1 Å². The third-order valence-electron chi connectivity index (χ3n) is 4.98. The van der Waals surface area contributed by atoms with E-state index in [9.17, 15) is 14.0 Å². The number of carbonyl (C=O) groups is 2. The Hall–Kier alpha value is -2.67.